The number of ketones is 1. The van der Waals surface area contributed by atoms with Crippen LogP contribution in [0.4, 0.5) is 9.59 Å². The van der Waals surface area contributed by atoms with E-state index < -0.39 is 17.8 Å². The molecule has 0 heterocycles. The number of amides is 2. The van der Waals surface area contributed by atoms with Crippen LogP contribution in [0.2, 0.25) is 0 Å². The normalized spacial score (nSPS) is 10.7. The minimum absolute atomic E-state index is 0.0661. The molecule has 8 nitrogen and oxygen atoms in total. The van der Waals surface area contributed by atoms with Crippen LogP contribution in [0.15, 0.2) is 0 Å². The lowest BCUT2D eigenvalue weighted by Gasteiger charge is -2.20. The summed E-state index contributed by atoms with van der Waals surface area (Å²) < 4.78 is 4.97. The number of carboxylic acid groups (broad SMARTS) is 1. The number of rotatable bonds is 6. The Morgan fingerprint density at radius 3 is 2.26 bits per heavy atom. The van der Waals surface area contributed by atoms with Crippen LogP contribution < -0.4 is 5.32 Å². The molecule has 0 unspecified atom stereocenters. The number of nitrogens with zero attached hydrogens (tertiary/aromatic N) is 1. The predicted octanol–water partition coefficient (Wildman–Crippen LogP) is 1.01. The minimum atomic E-state index is -1.37. The summed E-state index contributed by atoms with van der Waals surface area (Å²) in [6.07, 6.45) is -1.99. The molecule has 0 atom stereocenters. The van der Waals surface area contributed by atoms with Crippen LogP contribution >= 0.6 is 0 Å². The molecule has 0 saturated carbocycles. The van der Waals surface area contributed by atoms with E-state index in [1.807, 2.05) is 0 Å². The van der Waals surface area contributed by atoms with Crippen molar-refractivity contribution in [3.63, 3.8) is 0 Å². The number of alkyl carbamates (subject to hydrolysis) is 1. The van der Waals surface area contributed by atoms with E-state index in [1.54, 1.807) is 20.8 Å². The molecule has 0 aromatic rings. The number of ether oxygens (including phenoxy) is 1. The van der Waals surface area contributed by atoms with Crippen LogP contribution in [-0.2, 0) is 14.4 Å². The highest BCUT2D eigenvalue weighted by Crippen LogP contribution is 2.06. The smallest absolute Gasteiger partial charge is 0.431 e. The third-order valence-corrected chi connectivity index (χ3v) is 1.60. The van der Waals surface area contributed by atoms with E-state index in [2.05, 4.69) is 5.32 Å². The van der Waals surface area contributed by atoms with Gasteiger partial charge in [-0.25, -0.2) is 9.59 Å². The van der Waals surface area contributed by atoms with E-state index in [0.29, 0.717) is 5.06 Å². The zero-order valence-corrected chi connectivity index (χ0v) is 11.6. The largest absolute Gasteiger partial charge is 0.463 e. The molecule has 0 saturated heterocycles. The Balaban J connectivity index is 3.92. The molecule has 0 bridgehead atoms. The topological polar surface area (TPSA) is 105 Å². The molecular weight excluding hydrogens is 256 g/mol. The van der Waals surface area contributed by atoms with Crippen molar-refractivity contribution in [3.8, 4) is 0 Å². The van der Waals surface area contributed by atoms with E-state index in [4.69, 9.17) is 14.7 Å². The molecule has 0 rings (SSSR count). The number of nitrogens with one attached hydrogen (secondary N) is 1. The molecule has 0 aromatic carbocycles. The van der Waals surface area contributed by atoms with Gasteiger partial charge < -0.3 is 15.2 Å². The van der Waals surface area contributed by atoms with E-state index in [0.717, 1.165) is 0 Å². The lowest BCUT2D eigenvalue weighted by atomic mass is 10.2. The summed E-state index contributed by atoms with van der Waals surface area (Å²) >= 11 is 0. The summed E-state index contributed by atoms with van der Waals surface area (Å²) in [4.78, 5) is 37.5. The Labute approximate surface area is 111 Å². The number of carbonyl (C=O) groups is 3. The Hall–Kier alpha value is -1.83. The Morgan fingerprint density at radius 1 is 1.26 bits per heavy atom. The van der Waals surface area contributed by atoms with Gasteiger partial charge in [0.2, 0.25) is 0 Å². The predicted molar refractivity (Wildman–Crippen MR) is 65.6 cm³/mol. The van der Waals surface area contributed by atoms with Gasteiger partial charge in [0.05, 0.1) is 6.61 Å². The Bertz CT molecular complexity index is 337. The summed E-state index contributed by atoms with van der Waals surface area (Å²) in [6.45, 7) is 6.04. The van der Waals surface area contributed by atoms with Crippen molar-refractivity contribution in [2.45, 2.75) is 33.3 Å². The number of Topliss-reactive ketones (excluding diaryl/α,β-unsaturated/α-hetero) is 1. The van der Waals surface area contributed by atoms with Gasteiger partial charge in [-0.3, -0.25) is 9.63 Å². The number of hydrogen-bond acceptors (Lipinski definition) is 5. The fourth-order valence-corrected chi connectivity index (χ4v) is 0.994. The molecule has 0 aliphatic rings. The van der Waals surface area contributed by atoms with Crippen molar-refractivity contribution < 1.29 is 29.1 Å². The molecule has 8 heteroatoms. The lowest BCUT2D eigenvalue weighted by Crippen LogP contribution is -2.38. The second kappa shape index (κ2) is 7.57. The highest BCUT2D eigenvalue weighted by molar-refractivity contribution is 5.80. The van der Waals surface area contributed by atoms with Gasteiger partial charge in [0.25, 0.3) is 0 Å². The van der Waals surface area contributed by atoms with Crippen molar-refractivity contribution in [2.24, 2.45) is 0 Å². The Morgan fingerprint density at radius 2 is 1.84 bits per heavy atom. The summed E-state index contributed by atoms with van der Waals surface area (Å²) in [6, 6.07) is 0. The first kappa shape index (κ1) is 17.2. The summed E-state index contributed by atoms with van der Waals surface area (Å²) in [5, 5.41) is 11.6. The zero-order valence-electron chi connectivity index (χ0n) is 11.6. The first-order valence-electron chi connectivity index (χ1n) is 5.71. The van der Waals surface area contributed by atoms with E-state index in [9.17, 15) is 14.4 Å². The fourth-order valence-electron chi connectivity index (χ4n) is 0.994. The van der Waals surface area contributed by atoms with Gasteiger partial charge in [-0.05, 0) is 27.7 Å². The van der Waals surface area contributed by atoms with Gasteiger partial charge in [-0.1, -0.05) is 0 Å². The Kier molecular flexibility index (Phi) is 6.84. The molecule has 19 heavy (non-hydrogen) atoms. The summed E-state index contributed by atoms with van der Waals surface area (Å²) in [5.41, 5.74) is -0.604. The monoisotopic (exact) mass is 276 g/mol. The quantitative estimate of drug-likeness (QED) is 0.554. The number of carbonyl (C=O) groups excluding carboxylic acids is 2. The molecule has 0 aliphatic heterocycles. The maximum absolute atomic E-state index is 11.2. The fraction of sp³-hybridized carbons (Fsp3) is 0.727. The first-order valence-corrected chi connectivity index (χ1v) is 5.71. The van der Waals surface area contributed by atoms with E-state index in [1.165, 1.54) is 6.92 Å². The van der Waals surface area contributed by atoms with Gasteiger partial charge in [0.15, 0.2) is 5.78 Å². The molecule has 0 aromatic heterocycles. The molecule has 0 spiro atoms. The average molecular weight is 276 g/mol. The van der Waals surface area contributed by atoms with E-state index >= 15 is 0 Å². The molecule has 2 N–H and O–H groups in total. The van der Waals surface area contributed by atoms with Crippen molar-refractivity contribution >= 4 is 18.0 Å². The van der Waals surface area contributed by atoms with Crippen LogP contribution in [0, 0.1) is 0 Å². The standard InChI is InChI=1S/C11H20N2O6/c1-8(14)7-13(10(16)17)18-6-5-12-9(15)19-11(2,3)4/h5-7H2,1-4H3,(H,12,15)(H,16,17). The van der Waals surface area contributed by atoms with Gasteiger partial charge in [-0.15, -0.1) is 0 Å². The maximum Gasteiger partial charge on any atom is 0.431 e. The van der Waals surface area contributed by atoms with Crippen LogP contribution in [-0.4, -0.2) is 53.4 Å². The third-order valence-electron chi connectivity index (χ3n) is 1.60. The second-order valence-corrected chi connectivity index (χ2v) is 4.78. The third kappa shape index (κ3) is 9.83. The van der Waals surface area contributed by atoms with Gasteiger partial charge in [0.1, 0.15) is 12.1 Å². The van der Waals surface area contributed by atoms with Gasteiger partial charge in [-0.2, -0.15) is 5.06 Å². The van der Waals surface area contributed by atoms with Crippen molar-refractivity contribution in [3.05, 3.63) is 0 Å². The van der Waals surface area contributed by atoms with E-state index in [-0.39, 0.29) is 25.5 Å². The molecule has 0 radical (unpaired) electrons. The molecule has 2 amide bonds. The second-order valence-electron chi connectivity index (χ2n) is 4.78. The first-order chi connectivity index (χ1) is 8.61. The van der Waals surface area contributed by atoms with Crippen LogP contribution in [0.3, 0.4) is 0 Å². The van der Waals surface area contributed by atoms with Crippen molar-refractivity contribution in [1.82, 2.24) is 10.4 Å². The maximum atomic E-state index is 11.2. The van der Waals surface area contributed by atoms with Gasteiger partial charge in [0, 0.05) is 6.54 Å². The highest BCUT2D eigenvalue weighted by atomic mass is 16.7. The minimum Gasteiger partial charge on any atom is -0.463 e. The average Bonchev–Trinajstić information content (AvgIpc) is 2.19. The zero-order chi connectivity index (χ0) is 15.1. The van der Waals surface area contributed by atoms with Crippen LogP contribution in [0.1, 0.15) is 27.7 Å². The van der Waals surface area contributed by atoms with Crippen LogP contribution in [0.25, 0.3) is 0 Å². The highest BCUT2D eigenvalue weighted by Gasteiger charge is 2.17. The summed E-state index contributed by atoms with van der Waals surface area (Å²) in [7, 11) is 0. The molecule has 0 aliphatic carbocycles. The number of hydrogen-bond donors (Lipinski definition) is 2. The molecule has 110 valence electrons. The lowest BCUT2D eigenvalue weighted by molar-refractivity contribution is -0.146. The molecule has 0 fully saturated rings. The number of hydroxylamine groups is 2. The SMILES string of the molecule is CC(=O)CN(OCCNC(=O)OC(C)(C)C)C(=O)O. The van der Waals surface area contributed by atoms with Crippen molar-refractivity contribution in [2.75, 3.05) is 19.7 Å². The molecular formula is C11H20N2O6. The van der Waals surface area contributed by atoms with Gasteiger partial charge >= 0.3 is 12.2 Å². The van der Waals surface area contributed by atoms with Crippen molar-refractivity contribution in [1.29, 1.82) is 0 Å². The van der Waals surface area contributed by atoms with Crippen LogP contribution in [0.5, 0.6) is 0 Å². The summed E-state index contributed by atoms with van der Waals surface area (Å²) in [5.74, 6) is -0.345.